The van der Waals surface area contributed by atoms with Crippen LogP contribution in [0.2, 0.25) is 5.02 Å². The number of benzene rings is 1. The number of hydrogen-bond donors (Lipinski definition) is 2. The summed E-state index contributed by atoms with van der Waals surface area (Å²) in [5.74, 6) is 0.481. The second-order valence-electron chi connectivity index (χ2n) is 7.98. The molecule has 1 saturated heterocycles. The summed E-state index contributed by atoms with van der Waals surface area (Å²) in [5.41, 5.74) is 1.76. The van der Waals surface area contributed by atoms with Crippen LogP contribution in [0.5, 0.6) is 5.75 Å². The van der Waals surface area contributed by atoms with Crippen molar-refractivity contribution in [1.82, 2.24) is 20.4 Å². The van der Waals surface area contributed by atoms with Crippen molar-refractivity contribution in [3.05, 3.63) is 40.8 Å². The molecule has 1 amide bonds. The molecule has 1 aliphatic heterocycles. The number of carbonyl (C=O) groups excluding carboxylic acids is 1. The topological polar surface area (TPSA) is 102 Å². The van der Waals surface area contributed by atoms with E-state index in [4.69, 9.17) is 20.9 Å². The summed E-state index contributed by atoms with van der Waals surface area (Å²) in [7, 11) is 0. The highest BCUT2D eigenvalue weighted by Crippen LogP contribution is 2.33. The third-order valence-electron chi connectivity index (χ3n) is 4.85. The Hall–Kier alpha value is -3.20. The number of pyridine rings is 1. The molecule has 10 heteroatoms. The molecule has 8 nitrogen and oxygen atoms in total. The van der Waals surface area contributed by atoms with Crippen LogP contribution < -0.4 is 15.4 Å². The summed E-state index contributed by atoms with van der Waals surface area (Å²) in [6.45, 7) is 6.07. The maximum absolute atomic E-state index is 14.6. The van der Waals surface area contributed by atoms with Crippen LogP contribution in [-0.4, -0.2) is 39.7 Å². The number of carbonyl (C=O) groups is 1. The average molecular weight is 460 g/mol. The van der Waals surface area contributed by atoms with E-state index < -0.39 is 5.82 Å². The summed E-state index contributed by atoms with van der Waals surface area (Å²) in [6.07, 6.45) is 1.10. The van der Waals surface area contributed by atoms with Crippen LogP contribution in [-0.2, 0) is 4.79 Å². The lowest BCUT2D eigenvalue weighted by molar-refractivity contribution is -0.119. The summed E-state index contributed by atoms with van der Waals surface area (Å²) in [6, 6.07) is 6.29. The Labute approximate surface area is 189 Å². The van der Waals surface area contributed by atoms with Gasteiger partial charge in [-0.3, -0.25) is 4.79 Å². The van der Waals surface area contributed by atoms with E-state index >= 15 is 0 Å². The van der Waals surface area contributed by atoms with Gasteiger partial charge in [0.15, 0.2) is 11.6 Å². The van der Waals surface area contributed by atoms with Crippen LogP contribution >= 0.6 is 11.6 Å². The van der Waals surface area contributed by atoms with Crippen molar-refractivity contribution >= 4 is 23.3 Å². The first-order valence-electron chi connectivity index (χ1n) is 10.3. The zero-order valence-electron chi connectivity index (χ0n) is 17.9. The van der Waals surface area contributed by atoms with E-state index in [1.54, 1.807) is 0 Å². The zero-order valence-corrected chi connectivity index (χ0v) is 18.7. The van der Waals surface area contributed by atoms with Gasteiger partial charge in [0, 0.05) is 35.3 Å². The van der Waals surface area contributed by atoms with Crippen molar-refractivity contribution in [2.75, 3.05) is 11.9 Å². The van der Waals surface area contributed by atoms with Crippen molar-refractivity contribution in [3.63, 3.8) is 0 Å². The largest absolute Gasteiger partial charge is 0.488 e. The molecule has 3 aromatic rings. The van der Waals surface area contributed by atoms with Gasteiger partial charge in [-0.25, -0.2) is 9.37 Å². The smallest absolute Gasteiger partial charge is 0.258 e. The maximum atomic E-state index is 14.6. The molecule has 1 aliphatic rings. The Balaban J connectivity index is 1.54. The molecule has 0 aliphatic carbocycles. The van der Waals surface area contributed by atoms with Crippen molar-refractivity contribution < 1.29 is 18.4 Å². The van der Waals surface area contributed by atoms with Crippen molar-refractivity contribution in [2.45, 2.75) is 45.7 Å². The monoisotopic (exact) mass is 459 g/mol. The molecule has 3 heterocycles. The number of nitrogens with zero attached hydrogens (tertiary/aromatic N) is 3. The fourth-order valence-electron chi connectivity index (χ4n) is 3.42. The molecule has 0 bridgehead atoms. The van der Waals surface area contributed by atoms with Crippen LogP contribution in [0, 0.1) is 12.7 Å². The fraction of sp³-hybridized carbons (Fsp3) is 0.364. The second-order valence-corrected chi connectivity index (χ2v) is 8.39. The highest BCUT2D eigenvalue weighted by Gasteiger charge is 2.23. The Kier molecular flexibility index (Phi) is 6.27. The van der Waals surface area contributed by atoms with E-state index in [9.17, 15) is 9.18 Å². The summed E-state index contributed by atoms with van der Waals surface area (Å²) in [5, 5.41) is 10.2. The van der Waals surface area contributed by atoms with Gasteiger partial charge in [0.05, 0.1) is 11.1 Å². The average Bonchev–Trinajstić information content (AvgIpc) is 3.36. The predicted octanol–water partition coefficient (Wildman–Crippen LogP) is 4.38. The second kappa shape index (κ2) is 9.12. The Morgan fingerprint density at radius 3 is 2.84 bits per heavy atom. The molecule has 4 rings (SSSR count). The van der Waals surface area contributed by atoms with Gasteiger partial charge in [0.25, 0.3) is 5.89 Å². The first-order chi connectivity index (χ1) is 15.3. The first kappa shape index (κ1) is 22.0. The molecule has 1 atom stereocenters. The van der Waals surface area contributed by atoms with E-state index in [-0.39, 0.29) is 52.6 Å². The molecule has 1 fully saturated rings. The van der Waals surface area contributed by atoms with Crippen molar-refractivity contribution in [2.24, 2.45) is 0 Å². The van der Waals surface area contributed by atoms with Crippen LogP contribution in [0.3, 0.4) is 0 Å². The molecule has 1 aromatic carbocycles. The Morgan fingerprint density at radius 1 is 1.31 bits per heavy atom. The van der Waals surface area contributed by atoms with Crippen LogP contribution in [0.1, 0.15) is 32.4 Å². The van der Waals surface area contributed by atoms with E-state index in [0.29, 0.717) is 24.2 Å². The zero-order chi connectivity index (χ0) is 22.8. The van der Waals surface area contributed by atoms with Gasteiger partial charge in [-0.1, -0.05) is 16.8 Å². The number of ether oxygens (including phenoxy) is 1. The highest BCUT2D eigenvalue weighted by molar-refractivity contribution is 6.33. The molecular weight excluding hydrogens is 437 g/mol. The fourth-order valence-corrected chi connectivity index (χ4v) is 3.65. The van der Waals surface area contributed by atoms with Gasteiger partial charge in [0.1, 0.15) is 12.4 Å². The van der Waals surface area contributed by atoms with E-state index in [1.165, 1.54) is 12.1 Å². The van der Waals surface area contributed by atoms with Gasteiger partial charge in [-0.05, 0) is 45.4 Å². The maximum Gasteiger partial charge on any atom is 0.258 e. The quantitative estimate of drug-likeness (QED) is 0.540. The lowest BCUT2D eigenvalue weighted by Crippen LogP contribution is -2.31. The third-order valence-corrected chi connectivity index (χ3v) is 5.16. The van der Waals surface area contributed by atoms with Crippen LogP contribution in [0.15, 0.2) is 28.8 Å². The molecule has 2 aromatic heterocycles. The van der Waals surface area contributed by atoms with Gasteiger partial charge in [-0.2, -0.15) is 4.98 Å². The first-order valence-corrected chi connectivity index (χ1v) is 10.7. The van der Waals surface area contributed by atoms with Crippen LogP contribution in [0.4, 0.5) is 10.2 Å². The molecule has 0 saturated carbocycles. The molecule has 0 unspecified atom stereocenters. The van der Waals surface area contributed by atoms with Crippen molar-refractivity contribution in [3.8, 4) is 28.6 Å². The lowest BCUT2D eigenvalue weighted by atomic mass is 10.2. The number of halogens is 2. The van der Waals surface area contributed by atoms with E-state index in [2.05, 4.69) is 25.8 Å². The normalized spacial score (nSPS) is 15.8. The van der Waals surface area contributed by atoms with Crippen molar-refractivity contribution in [1.29, 1.82) is 0 Å². The number of amides is 1. The Bertz CT molecular complexity index is 1150. The number of rotatable bonds is 7. The summed E-state index contributed by atoms with van der Waals surface area (Å²) < 4.78 is 25.6. The summed E-state index contributed by atoms with van der Waals surface area (Å²) in [4.78, 5) is 20.1. The minimum absolute atomic E-state index is 0.00206. The number of nitrogens with one attached hydrogen (secondary N) is 2. The molecular formula is C22H23ClFN5O3. The SMILES string of the molecule is Cc1cc(-c2nc(-c3cc(F)c(OC[C@H]4CCC(=O)N4)cc3Cl)no2)cc(NC(C)C)n1. The van der Waals surface area contributed by atoms with Gasteiger partial charge in [-0.15, -0.1) is 0 Å². The molecule has 0 spiro atoms. The molecule has 168 valence electrons. The van der Waals surface area contributed by atoms with Gasteiger partial charge < -0.3 is 19.9 Å². The van der Waals surface area contributed by atoms with Crippen LogP contribution in [0.25, 0.3) is 22.8 Å². The van der Waals surface area contributed by atoms with E-state index in [1.807, 2.05) is 32.9 Å². The number of aromatic nitrogens is 3. The molecule has 0 radical (unpaired) electrons. The van der Waals surface area contributed by atoms with Gasteiger partial charge >= 0.3 is 0 Å². The molecule has 2 N–H and O–H groups in total. The standard InChI is InChI=1S/C22H23ClFN5O3/c1-11(2)25-19-7-13(6-12(3)26-19)22-28-21(29-32-22)15-8-17(24)18(9-16(15)23)31-10-14-4-5-20(30)27-14/h6-9,11,14H,4-5,10H2,1-3H3,(H,25,26)(H,27,30)/t14-/m1/s1. The number of hydrogen-bond acceptors (Lipinski definition) is 7. The minimum Gasteiger partial charge on any atom is -0.488 e. The highest BCUT2D eigenvalue weighted by atomic mass is 35.5. The number of anilines is 1. The summed E-state index contributed by atoms with van der Waals surface area (Å²) >= 11 is 6.36. The van der Waals surface area contributed by atoms with E-state index in [0.717, 1.165) is 5.69 Å². The minimum atomic E-state index is -0.608. The Morgan fingerprint density at radius 2 is 2.12 bits per heavy atom. The lowest BCUT2D eigenvalue weighted by Gasteiger charge is -2.13. The molecule has 32 heavy (non-hydrogen) atoms. The number of aryl methyl sites for hydroxylation is 1. The third kappa shape index (κ3) is 4.99. The van der Waals surface area contributed by atoms with Gasteiger partial charge in [0.2, 0.25) is 11.7 Å². The predicted molar refractivity (Wildman–Crippen MR) is 118 cm³/mol.